The van der Waals surface area contributed by atoms with Crippen molar-refractivity contribution in [2.75, 3.05) is 0 Å². The Morgan fingerprint density at radius 1 is 0.811 bits per heavy atom. The number of esters is 4. The largest absolute Gasteiger partial charge is 0.458 e. The maximum Gasteiger partial charge on any atom is 0.303 e. The molecule has 2 saturated carbocycles. The molecule has 3 rings (SSSR count). The van der Waals surface area contributed by atoms with E-state index in [1.165, 1.54) is 27.7 Å². The Labute approximate surface area is 218 Å². The van der Waals surface area contributed by atoms with E-state index in [4.69, 9.17) is 18.9 Å². The maximum absolute atomic E-state index is 12.5. The normalized spacial score (nSPS) is 36.9. The monoisotopic (exact) mass is 520 g/mol. The van der Waals surface area contributed by atoms with E-state index in [-0.39, 0.29) is 12.3 Å². The molecule has 1 N–H and O–H groups in total. The highest BCUT2D eigenvalue weighted by atomic mass is 16.6. The molecule has 0 radical (unpaired) electrons. The van der Waals surface area contributed by atoms with Crippen molar-refractivity contribution in [1.29, 1.82) is 0 Å². The van der Waals surface area contributed by atoms with Crippen molar-refractivity contribution in [2.24, 2.45) is 22.7 Å². The summed E-state index contributed by atoms with van der Waals surface area (Å²) in [4.78, 5) is 48.7. The van der Waals surface area contributed by atoms with Gasteiger partial charge in [-0.05, 0) is 53.7 Å². The first-order valence-electron chi connectivity index (χ1n) is 12.8. The molecular formula is C28H40O9. The van der Waals surface area contributed by atoms with E-state index in [1.54, 1.807) is 0 Å². The van der Waals surface area contributed by atoms with Gasteiger partial charge in [-0.2, -0.15) is 0 Å². The molecule has 0 aliphatic heterocycles. The second kappa shape index (κ2) is 10.2. The third-order valence-corrected chi connectivity index (χ3v) is 8.78. The van der Waals surface area contributed by atoms with Crippen molar-refractivity contribution in [3.63, 3.8) is 0 Å². The second-order valence-electron chi connectivity index (χ2n) is 11.5. The minimum Gasteiger partial charge on any atom is -0.458 e. The van der Waals surface area contributed by atoms with Crippen LogP contribution < -0.4 is 0 Å². The average molecular weight is 521 g/mol. The minimum absolute atomic E-state index is 0.0676. The van der Waals surface area contributed by atoms with E-state index < -0.39 is 71.1 Å². The van der Waals surface area contributed by atoms with Gasteiger partial charge < -0.3 is 24.1 Å². The fraction of sp³-hybridized carbons (Fsp3) is 0.714. The standard InChI is InChI=1S/C28H40O9/c1-13-20-10-19-11-21(34-15(3)29)14(2)24(27(19,7)8)25(36-17(5)31)26(37-18(6)32)28(20,9)23(33)12-22(13)35-16(4)30/h19-23,25-26,33H,1,10-12H2,2-9H3/t19-,20-,21+,22+,23+,25-,26+,28+/m1/s1. The molecule has 9 nitrogen and oxygen atoms in total. The fourth-order valence-corrected chi connectivity index (χ4v) is 6.96. The number of carbonyl (C=O) groups excluding carboxylic acids is 4. The Kier molecular flexibility index (Phi) is 7.99. The van der Waals surface area contributed by atoms with E-state index in [1.807, 2.05) is 27.7 Å². The average Bonchev–Trinajstić information content (AvgIpc) is 2.74. The number of carbonyl (C=O) groups is 4. The highest BCUT2D eigenvalue weighted by Crippen LogP contribution is 2.60. The highest BCUT2D eigenvalue weighted by Gasteiger charge is 2.63. The van der Waals surface area contributed by atoms with Gasteiger partial charge in [-0.15, -0.1) is 0 Å². The third-order valence-electron chi connectivity index (χ3n) is 8.78. The number of hydrogen-bond acceptors (Lipinski definition) is 9. The summed E-state index contributed by atoms with van der Waals surface area (Å²) in [5, 5.41) is 11.6. The molecule has 3 aliphatic rings. The number of aliphatic hydroxyl groups excluding tert-OH is 1. The third kappa shape index (κ3) is 5.19. The van der Waals surface area contributed by atoms with Gasteiger partial charge in [0.15, 0.2) is 12.2 Å². The smallest absolute Gasteiger partial charge is 0.303 e. The molecule has 0 aromatic carbocycles. The zero-order chi connectivity index (χ0) is 28.0. The zero-order valence-electron chi connectivity index (χ0n) is 23.1. The molecule has 2 fully saturated rings. The highest BCUT2D eigenvalue weighted by molar-refractivity contribution is 5.69. The van der Waals surface area contributed by atoms with Crippen molar-refractivity contribution < 1.29 is 43.2 Å². The van der Waals surface area contributed by atoms with E-state index in [0.717, 1.165) is 11.1 Å². The molecule has 0 aromatic rings. The SMILES string of the molecule is C=C1[C@@H](OC(C)=O)C[C@H](O)[C@]2(C)[C@@H]1C[C@@H]1C[C@H](OC(C)=O)C(C)=C([C@@H](OC(C)=O)[C@@H]2OC(C)=O)C1(C)C. The first kappa shape index (κ1) is 28.9. The van der Waals surface area contributed by atoms with E-state index in [0.29, 0.717) is 18.4 Å². The molecule has 37 heavy (non-hydrogen) atoms. The van der Waals surface area contributed by atoms with Crippen LogP contribution in [0.5, 0.6) is 0 Å². The number of ether oxygens (including phenoxy) is 4. The summed E-state index contributed by atoms with van der Waals surface area (Å²) >= 11 is 0. The summed E-state index contributed by atoms with van der Waals surface area (Å²) < 4.78 is 23.1. The summed E-state index contributed by atoms with van der Waals surface area (Å²) in [7, 11) is 0. The first-order valence-corrected chi connectivity index (χ1v) is 12.8. The lowest BCUT2D eigenvalue weighted by Gasteiger charge is -2.59. The summed E-state index contributed by atoms with van der Waals surface area (Å²) in [5.74, 6) is -2.65. The molecule has 0 saturated heterocycles. The molecule has 0 heterocycles. The lowest BCUT2D eigenvalue weighted by atomic mass is 9.49. The molecule has 0 aromatic heterocycles. The number of rotatable bonds is 4. The van der Waals surface area contributed by atoms with Gasteiger partial charge in [-0.1, -0.05) is 27.4 Å². The van der Waals surface area contributed by atoms with Crippen LogP contribution in [0, 0.1) is 22.7 Å². The number of hydrogen-bond donors (Lipinski definition) is 1. The van der Waals surface area contributed by atoms with Crippen LogP contribution in [0.4, 0.5) is 0 Å². The van der Waals surface area contributed by atoms with Gasteiger partial charge in [-0.3, -0.25) is 19.2 Å². The maximum atomic E-state index is 12.5. The zero-order valence-corrected chi connectivity index (χ0v) is 23.1. The van der Waals surface area contributed by atoms with Gasteiger partial charge in [0.05, 0.1) is 6.10 Å². The Bertz CT molecular complexity index is 1020. The Morgan fingerprint density at radius 2 is 1.32 bits per heavy atom. The predicted molar refractivity (Wildman–Crippen MR) is 133 cm³/mol. The van der Waals surface area contributed by atoms with Gasteiger partial charge in [0.1, 0.15) is 12.2 Å². The van der Waals surface area contributed by atoms with Crippen LogP contribution in [0.1, 0.15) is 74.7 Å². The number of fused-ring (bicyclic) bond motifs is 3. The van der Waals surface area contributed by atoms with Crippen molar-refractivity contribution in [1.82, 2.24) is 0 Å². The Balaban J connectivity index is 2.32. The fourth-order valence-electron chi connectivity index (χ4n) is 6.96. The molecule has 0 spiro atoms. The van der Waals surface area contributed by atoms with Crippen LogP contribution in [0.3, 0.4) is 0 Å². The van der Waals surface area contributed by atoms with Gasteiger partial charge in [0, 0.05) is 39.5 Å². The van der Waals surface area contributed by atoms with E-state index in [9.17, 15) is 24.3 Å². The van der Waals surface area contributed by atoms with Crippen LogP contribution in [0.15, 0.2) is 23.3 Å². The molecule has 8 atom stereocenters. The van der Waals surface area contributed by atoms with Crippen molar-refractivity contribution in [2.45, 2.75) is 105 Å². The van der Waals surface area contributed by atoms with E-state index in [2.05, 4.69) is 6.58 Å². The predicted octanol–water partition coefficient (Wildman–Crippen LogP) is 3.42. The second-order valence-corrected chi connectivity index (χ2v) is 11.5. The van der Waals surface area contributed by atoms with Crippen molar-refractivity contribution >= 4 is 23.9 Å². The molecule has 0 unspecified atom stereocenters. The Hall–Kier alpha value is -2.68. The molecular weight excluding hydrogens is 480 g/mol. The summed E-state index contributed by atoms with van der Waals surface area (Å²) in [6, 6.07) is 0. The van der Waals surface area contributed by atoms with Crippen LogP contribution in [0.2, 0.25) is 0 Å². The van der Waals surface area contributed by atoms with Crippen LogP contribution >= 0.6 is 0 Å². The molecule has 2 bridgehead atoms. The Morgan fingerprint density at radius 3 is 1.84 bits per heavy atom. The number of aliphatic hydroxyl groups is 1. The molecule has 0 amide bonds. The topological polar surface area (TPSA) is 125 Å². The van der Waals surface area contributed by atoms with Crippen LogP contribution in [-0.4, -0.2) is 59.5 Å². The van der Waals surface area contributed by atoms with Crippen LogP contribution in [-0.2, 0) is 38.1 Å². The van der Waals surface area contributed by atoms with Gasteiger partial charge in [0.2, 0.25) is 0 Å². The molecule has 206 valence electrons. The minimum atomic E-state index is -1.12. The lowest BCUT2D eigenvalue weighted by molar-refractivity contribution is -0.205. The summed E-state index contributed by atoms with van der Waals surface area (Å²) in [6.07, 6.45) is -3.39. The summed E-state index contributed by atoms with van der Waals surface area (Å²) in [5.41, 5.74) is 0.394. The first-order chi connectivity index (χ1) is 17.0. The molecule has 9 heteroatoms. The van der Waals surface area contributed by atoms with Gasteiger partial charge >= 0.3 is 23.9 Å². The quantitative estimate of drug-likeness (QED) is 0.337. The van der Waals surface area contributed by atoms with Crippen LogP contribution in [0.25, 0.3) is 0 Å². The van der Waals surface area contributed by atoms with Gasteiger partial charge in [0.25, 0.3) is 0 Å². The molecule has 3 aliphatic carbocycles. The van der Waals surface area contributed by atoms with E-state index >= 15 is 0 Å². The van der Waals surface area contributed by atoms with Gasteiger partial charge in [-0.25, -0.2) is 0 Å². The van der Waals surface area contributed by atoms with Crippen molar-refractivity contribution in [3.05, 3.63) is 23.3 Å². The van der Waals surface area contributed by atoms with Crippen molar-refractivity contribution in [3.8, 4) is 0 Å². The summed E-state index contributed by atoms with van der Waals surface area (Å²) in [6.45, 7) is 17.2. The lowest BCUT2D eigenvalue weighted by Crippen LogP contribution is -2.64.